The molecule has 1 aromatic heterocycles. The molecule has 0 spiro atoms. The first kappa shape index (κ1) is 15.1. The fourth-order valence-electron chi connectivity index (χ4n) is 2.13. The van der Waals surface area contributed by atoms with E-state index in [-0.39, 0.29) is 5.91 Å². The molecule has 3 rings (SSSR count). The minimum Gasteiger partial charge on any atom is -0.321 e. The number of rotatable bonds is 2. The quantitative estimate of drug-likeness (QED) is 0.682. The summed E-state index contributed by atoms with van der Waals surface area (Å²) in [5, 5.41) is 4.85. The largest absolute Gasteiger partial charge is 0.321 e. The van der Waals surface area contributed by atoms with E-state index in [1.54, 1.807) is 0 Å². The highest BCUT2D eigenvalue weighted by Gasteiger charge is 2.10. The molecule has 1 amide bonds. The van der Waals surface area contributed by atoms with Gasteiger partial charge in [0.2, 0.25) is 0 Å². The molecule has 0 bridgehead atoms. The van der Waals surface area contributed by atoms with Gasteiger partial charge in [-0.1, -0.05) is 36.1 Å². The maximum absolute atomic E-state index is 12.2. The number of hydrogen-bond acceptors (Lipinski definition) is 2. The molecule has 0 aliphatic rings. The van der Waals surface area contributed by atoms with Crippen molar-refractivity contribution in [2.45, 2.75) is 6.92 Å². The Morgan fingerprint density at radius 3 is 2.43 bits per heavy atom. The lowest BCUT2D eigenvalue weighted by Gasteiger charge is -2.05. The first-order valence-electron chi connectivity index (χ1n) is 7.25. The van der Waals surface area contributed by atoms with Crippen LogP contribution in [0.4, 0.5) is 5.69 Å². The summed E-state index contributed by atoms with van der Waals surface area (Å²) in [6.45, 7) is 1.94. The molecule has 0 radical (unpaired) electrons. The molecule has 0 aliphatic heterocycles. The number of aryl methyl sites for hydroxylation is 1. The van der Waals surface area contributed by atoms with Crippen LogP contribution in [0.5, 0.6) is 0 Å². The number of anilines is 1. The van der Waals surface area contributed by atoms with Crippen molar-refractivity contribution in [2.75, 3.05) is 5.32 Å². The second-order valence-corrected chi connectivity index (χ2v) is 6.00. The van der Waals surface area contributed by atoms with Crippen LogP contribution in [0.25, 0.3) is 0 Å². The van der Waals surface area contributed by atoms with E-state index in [0.29, 0.717) is 0 Å². The van der Waals surface area contributed by atoms with Gasteiger partial charge in [-0.2, -0.15) is 0 Å². The van der Waals surface area contributed by atoms with E-state index in [9.17, 15) is 4.79 Å². The third kappa shape index (κ3) is 3.88. The van der Waals surface area contributed by atoms with Crippen molar-refractivity contribution >= 4 is 22.9 Å². The lowest BCUT2D eigenvalue weighted by Crippen LogP contribution is -2.11. The van der Waals surface area contributed by atoms with E-state index in [1.807, 2.05) is 73.0 Å². The topological polar surface area (TPSA) is 29.1 Å². The van der Waals surface area contributed by atoms with Gasteiger partial charge in [0.05, 0.1) is 4.88 Å². The Kier molecular flexibility index (Phi) is 4.56. The zero-order valence-electron chi connectivity index (χ0n) is 12.7. The summed E-state index contributed by atoms with van der Waals surface area (Å²) in [5.74, 6) is 6.16. The molecule has 23 heavy (non-hydrogen) atoms. The minimum atomic E-state index is -0.0781. The maximum atomic E-state index is 12.2. The van der Waals surface area contributed by atoms with Crippen LogP contribution in [0.1, 0.15) is 26.4 Å². The lowest BCUT2D eigenvalue weighted by atomic mass is 10.1. The second-order valence-electron chi connectivity index (χ2n) is 5.08. The summed E-state index contributed by atoms with van der Waals surface area (Å²) >= 11 is 1.45. The predicted molar refractivity (Wildman–Crippen MR) is 95.9 cm³/mol. The number of carbonyl (C=O) groups is 1. The Labute approximate surface area is 139 Å². The zero-order chi connectivity index (χ0) is 16.1. The van der Waals surface area contributed by atoms with Crippen LogP contribution < -0.4 is 5.32 Å². The van der Waals surface area contributed by atoms with Crippen LogP contribution in [0, 0.1) is 18.8 Å². The summed E-state index contributed by atoms with van der Waals surface area (Å²) < 4.78 is 0. The molecule has 0 fully saturated rings. The maximum Gasteiger partial charge on any atom is 0.265 e. The number of benzene rings is 2. The van der Waals surface area contributed by atoms with E-state index in [4.69, 9.17) is 0 Å². The van der Waals surface area contributed by atoms with E-state index < -0.39 is 0 Å². The van der Waals surface area contributed by atoms with Gasteiger partial charge >= 0.3 is 0 Å². The molecule has 1 N–H and O–H groups in total. The average molecular weight is 317 g/mol. The number of amides is 1. The second kappa shape index (κ2) is 6.95. The summed E-state index contributed by atoms with van der Waals surface area (Å²) in [6.07, 6.45) is 0. The third-order valence-corrected chi connectivity index (χ3v) is 4.33. The standard InChI is InChI=1S/C20H15NOS/c1-15-12-13-23-19(15)20(22)21-18-9-5-8-17(14-18)11-10-16-6-3-2-4-7-16/h2-9,12-14H,1H3,(H,21,22). The molecule has 0 atom stereocenters. The molecule has 2 aromatic carbocycles. The molecular weight excluding hydrogens is 302 g/mol. The summed E-state index contributed by atoms with van der Waals surface area (Å²) in [4.78, 5) is 13.0. The molecule has 0 aliphatic carbocycles. The van der Waals surface area contributed by atoms with Crippen molar-refractivity contribution in [3.05, 3.63) is 87.6 Å². The Morgan fingerprint density at radius 2 is 1.70 bits per heavy atom. The zero-order valence-corrected chi connectivity index (χ0v) is 13.5. The van der Waals surface area contributed by atoms with Gasteiger partial charge in [0.15, 0.2) is 0 Å². The molecule has 0 unspecified atom stereocenters. The van der Waals surface area contributed by atoms with Crippen LogP contribution in [0.3, 0.4) is 0 Å². The Bertz CT molecular complexity index is 885. The third-order valence-electron chi connectivity index (χ3n) is 3.31. The molecule has 1 heterocycles. The lowest BCUT2D eigenvalue weighted by molar-refractivity contribution is 0.103. The number of carbonyl (C=O) groups excluding carboxylic acids is 1. The Hall–Kier alpha value is -2.83. The normalized spacial score (nSPS) is 9.78. The monoisotopic (exact) mass is 317 g/mol. The van der Waals surface area contributed by atoms with Gasteiger partial charge in [0, 0.05) is 16.8 Å². The number of thiophene rings is 1. The smallest absolute Gasteiger partial charge is 0.265 e. The van der Waals surface area contributed by atoms with Gasteiger partial charge in [-0.25, -0.2) is 0 Å². The van der Waals surface area contributed by atoms with Crippen molar-refractivity contribution in [3.8, 4) is 11.8 Å². The van der Waals surface area contributed by atoms with Crippen LogP contribution in [0.15, 0.2) is 66.0 Å². The summed E-state index contributed by atoms with van der Waals surface area (Å²) in [6, 6.07) is 19.4. The molecule has 3 aromatic rings. The van der Waals surface area contributed by atoms with Gasteiger partial charge in [-0.05, 0) is 54.3 Å². The summed E-state index contributed by atoms with van der Waals surface area (Å²) in [7, 11) is 0. The van der Waals surface area contributed by atoms with Crippen molar-refractivity contribution in [1.82, 2.24) is 0 Å². The van der Waals surface area contributed by atoms with Gasteiger partial charge in [-0.15, -0.1) is 11.3 Å². The fourth-order valence-corrected chi connectivity index (χ4v) is 2.95. The van der Waals surface area contributed by atoms with Crippen LogP contribution in [0.2, 0.25) is 0 Å². The Balaban J connectivity index is 1.77. The average Bonchev–Trinajstić information content (AvgIpc) is 3.00. The predicted octanol–water partition coefficient (Wildman–Crippen LogP) is 4.71. The van der Waals surface area contributed by atoms with Crippen molar-refractivity contribution in [3.63, 3.8) is 0 Å². The van der Waals surface area contributed by atoms with E-state index in [2.05, 4.69) is 17.2 Å². The molecule has 3 heteroatoms. The van der Waals surface area contributed by atoms with Crippen LogP contribution >= 0.6 is 11.3 Å². The van der Waals surface area contributed by atoms with E-state index >= 15 is 0 Å². The highest BCUT2D eigenvalue weighted by atomic mass is 32.1. The van der Waals surface area contributed by atoms with Gasteiger partial charge in [0.25, 0.3) is 5.91 Å². The summed E-state index contributed by atoms with van der Waals surface area (Å²) in [5.41, 5.74) is 3.58. The van der Waals surface area contributed by atoms with Crippen molar-refractivity contribution in [1.29, 1.82) is 0 Å². The van der Waals surface area contributed by atoms with Gasteiger partial charge < -0.3 is 5.32 Å². The molecule has 0 saturated carbocycles. The number of hydrogen-bond donors (Lipinski definition) is 1. The number of nitrogens with one attached hydrogen (secondary N) is 1. The molecule has 0 saturated heterocycles. The first-order chi connectivity index (χ1) is 11.2. The molecule has 2 nitrogen and oxygen atoms in total. The van der Waals surface area contributed by atoms with Crippen LogP contribution in [-0.4, -0.2) is 5.91 Å². The van der Waals surface area contributed by atoms with Crippen LogP contribution in [-0.2, 0) is 0 Å². The fraction of sp³-hybridized carbons (Fsp3) is 0.0500. The Morgan fingerprint density at radius 1 is 0.957 bits per heavy atom. The van der Waals surface area contributed by atoms with E-state index in [0.717, 1.165) is 27.3 Å². The SMILES string of the molecule is Cc1ccsc1C(=O)Nc1cccc(C#Cc2ccccc2)c1. The van der Waals surface area contributed by atoms with Crippen molar-refractivity contribution in [2.24, 2.45) is 0 Å². The van der Waals surface area contributed by atoms with Gasteiger partial charge in [0.1, 0.15) is 0 Å². The van der Waals surface area contributed by atoms with Crippen molar-refractivity contribution < 1.29 is 4.79 Å². The van der Waals surface area contributed by atoms with Gasteiger partial charge in [-0.3, -0.25) is 4.79 Å². The highest BCUT2D eigenvalue weighted by molar-refractivity contribution is 7.12. The minimum absolute atomic E-state index is 0.0781. The molecular formula is C20H15NOS. The molecule has 112 valence electrons. The first-order valence-corrected chi connectivity index (χ1v) is 8.13. The van der Waals surface area contributed by atoms with E-state index in [1.165, 1.54) is 11.3 Å². The highest BCUT2D eigenvalue weighted by Crippen LogP contribution is 2.18.